The van der Waals surface area contributed by atoms with Crippen LogP contribution in [0.5, 0.6) is 0 Å². The maximum absolute atomic E-state index is 10.9. The molecule has 0 aliphatic rings. The van der Waals surface area contributed by atoms with Crippen LogP contribution in [0.15, 0.2) is 10.3 Å². The van der Waals surface area contributed by atoms with Gasteiger partial charge in [-0.1, -0.05) is 31.9 Å². The minimum Gasteiger partial charge on any atom is -0.323 e. The third kappa shape index (κ3) is 10.3. The molecule has 0 atom stereocenters. The van der Waals surface area contributed by atoms with Gasteiger partial charge in [-0.25, -0.2) is 9.59 Å². The summed E-state index contributed by atoms with van der Waals surface area (Å²) in [5.41, 5.74) is 0. The Morgan fingerprint density at radius 2 is 1.18 bits per heavy atom. The molecule has 0 aliphatic carbocycles. The van der Waals surface area contributed by atoms with Crippen LogP contribution in [0.2, 0.25) is 0 Å². The van der Waals surface area contributed by atoms with Gasteiger partial charge in [0.1, 0.15) is 0 Å². The highest BCUT2D eigenvalue weighted by Gasteiger charge is 2.24. The first-order valence-corrected chi connectivity index (χ1v) is 8.50. The Morgan fingerprint density at radius 3 is 1.45 bits per heavy atom. The maximum atomic E-state index is 10.9. The number of carbonyl (C=O) groups is 2. The van der Waals surface area contributed by atoms with E-state index in [-0.39, 0.29) is 9.49 Å². The smallest absolute Gasteiger partial charge is 0.323 e. The standard InChI is InChI=1S/C12H22N4O4S2/c1-11(2,7-15-19-9(17)13-5)21-22-12(3,4)8-16-20-10(18)14-6/h7-8H,1-6H3,(H,13,17)(H,14,18)/b15-7-,16-8-. The first-order chi connectivity index (χ1) is 10.1. The summed E-state index contributed by atoms with van der Waals surface area (Å²) in [6, 6.07) is 0. The van der Waals surface area contributed by atoms with Crippen molar-refractivity contribution in [3.05, 3.63) is 0 Å². The van der Waals surface area contributed by atoms with Gasteiger partial charge in [-0.2, -0.15) is 0 Å². The number of rotatable bonds is 7. The summed E-state index contributed by atoms with van der Waals surface area (Å²) in [4.78, 5) is 30.9. The third-order valence-corrected chi connectivity index (χ3v) is 5.86. The number of hydrogen-bond donors (Lipinski definition) is 2. The Kier molecular flexibility index (Phi) is 8.95. The maximum Gasteiger partial charge on any atom is 0.433 e. The summed E-state index contributed by atoms with van der Waals surface area (Å²) in [5, 5.41) is 11.8. The molecule has 0 aromatic heterocycles. The molecule has 0 heterocycles. The molecule has 2 N–H and O–H groups in total. The second kappa shape index (κ2) is 9.57. The second-order valence-electron chi connectivity index (χ2n) is 5.10. The first-order valence-electron chi connectivity index (χ1n) is 6.35. The molecule has 126 valence electrons. The number of oxime groups is 2. The topological polar surface area (TPSA) is 101 Å². The Bertz CT molecular complexity index is 399. The molecular weight excluding hydrogens is 328 g/mol. The average Bonchev–Trinajstić information content (AvgIpc) is 2.44. The zero-order chi connectivity index (χ0) is 17.2. The van der Waals surface area contributed by atoms with Crippen LogP contribution in [-0.2, 0) is 9.68 Å². The monoisotopic (exact) mass is 350 g/mol. The van der Waals surface area contributed by atoms with Crippen molar-refractivity contribution in [1.82, 2.24) is 10.6 Å². The summed E-state index contributed by atoms with van der Waals surface area (Å²) < 4.78 is -0.739. The highest BCUT2D eigenvalue weighted by molar-refractivity contribution is 8.78. The number of nitrogens with one attached hydrogen (secondary N) is 2. The zero-order valence-corrected chi connectivity index (χ0v) is 15.1. The molecule has 2 amide bonds. The van der Waals surface area contributed by atoms with Crippen molar-refractivity contribution in [3.63, 3.8) is 0 Å². The normalized spacial score (nSPS) is 12.5. The Balaban J connectivity index is 4.37. The molecule has 0 saturated heterocycles. The van der Waals surface area contributed by atoms with Gasteiger partial charge in [0.05, 0.1) is 21.9 Å². The predicted octanol–water partition coefficient (Wildman–Crippen LogP) is 2.61. The van der Waals surface area contributed by atoms with Crippen LogP contribution in [0.4, 0.5) is 9.59 Å². The van der Waals surface area contributed by atoms with Crippen molar-refractivity contribution in [2.75, 3.05) is 14.1 Å². The quantitative estimate of drug-likeness (QED) is 0.317. The zero-order valence-electron chi connectivity index (χ0n) is 13.5. The van der Waals surface area contributed by atoms with E-state index < -0.39 is 12.2 Å². The number of carbonyl (C=O) groups excluding carboxylic acids is 2. The minimum absolute atomic E-state index is 0.370. The lowest BCUT2D eigenvalue weighted by Crippen LogP contribution is -2.22. The Morgan fingerprint density at radius 1 is 0.864 bits per heavy atom. The molecule has 10 heteroatoms. The largest absolute Gasteiger partial charge is 0.433 e. The molecule has 0 unspecified atom stereocenters. The van der Waals surface area contributed by atoms with Gasteiger partial charge in [0.2, 0.25) is 0 Å². The van der Waals surface area contributed by atoms with Crippen molar-refractivity contribution in [1.29, 1.82) is 0 Å². The van der Waals surface area contributed by atoms with Crippen LogP contribution in [0.25, 0.3) is 0 Å². The van der Waals surface area contributed by atoms with Gasteiger partial charge in [0, 0.05) is 14.1 Å². The lowest BCUT2D eigenvalue weighted by molar-refractivity contribution is 0.152. The first kappa shape index (κ1) is 20.6. The van der Waals surface area contributed by atoms with Gasteiger partial charge in [-0.3, -0.25) is 9.68 Å². The number of hydrogen-bond acceptors (Lipinski definition) is 8. The summed E-state index contributed by atoms with van der Waals surface area (Å²) in [6.45, 7) is 7.70. The molecule has 0 fully saturated rings. The SMILES string of the molecule is CNC(=O)O/N=C\C(C)(C)SSC(C)(C)/C=N\OC(=O)NC. The van der Waals surface area contributed by atoms with E-state index in [4.69, 9.17) is 0 Å². The van der Waals surface area contributed by atoms with Crippen molar-refractivity contribution in [2.24, 2.45) is 10.3 Å². The van der Waals surface area contributed by atoms with Crippen LogP contribution in [0.3, 0.4) is 0 Å². The molecule has 0 spiro atoms. The molecule has 0 saturated carbocycles. The van der Waals surface area contributed by atoms with E-state index in [0.717, 1.165) is 0 Å². The van der Waals surface area contributed by atoms with E-state index in [0.29, 0.717) is 0 Å². The van der Waals surface area contributed by atoms with E-state index >= 15 is 0 Å². The molecule has 0 aromatic carbocycles. The van der Waals surface area contributed by atoms with Crippen LogP contribution in [0, 0.1) is 0 Å². The van der Waals surface area contributed by atoms with Gasteiger partial charge in [0.15, 0.2) is 0 Å². The summed E-state index contributed by atoms with van der Waals surface area (Å²) in [7, 11) is 5.94. The third-order valence-electron chi connectivity index (χ3n) is 1.88. The summed E-state index contributed by atoms with van der Waals surface area (Å²) in [6.07, 6.45) is 1.83. The van der Waals surface area contributed by atoms with Crippen molar-refractivity contribution in [3.8, 4) is 0 Å². The van der Waals surface area contributed by atoms with Crippen molar-refractivity contribution >= 4 is 46.2 Å². The molecule has 22 heavy (non-hydrogen) atoms. The van der Waals surface area contributed by atoms with Gasteiger partial charge < -0.3 is 10.6 Å². The molecule has 0 bridgehead atoms. The van der Waals surface area contributed by atoms with E-state index in [1.807, 2.05) is 27.7 Å². The van der Waals surface area contributed by atoms with Crippen molar-refractivity contribution < 1.29 is 19.3 Å². The van der Waals surface area contributed by atoms with Crippen molar-refractivity contribution in [2.45, 2.75) is 37.2 Å². The van der Waals surface area contributed by atoms with Gasteiger partial charge in [-0.15, -0.1) is 0 Å². The Labute approximate surface area is 138 Å². The summed E-state index contributed by atoms with van der Waals surface area (Å²) in [5.74, 6) is 0. The minimum atomic E-state index is -0.622. The lowest BCUT2D eigenvalue weighted by Gasteiger charge is -2.23. The van der Waals surface area contributed by atoms with Gasteiger partial charge >= 0.3 is 12.2 Å². The van der Waals surface area contributed by atoms with Gasteiger partial charge in [0.25, 0.3) is 0 Å². The fourth-order valence-corrected chi connectivity index (χ4v) is 2.90. The highest BCUT2D eigenvalue weighted by Crippen LogP contribution is 2.42. The van der Waals surface area contributed by atoms with Gasteiger partial charge in [-0.05, 0) is 27.7 Å². The number of amides is 2. The van der Waals surface area contributed by atoms with E-state index in [9.17, 15) is 9.59 Å². The van der Waals surface area contributed by atoms with E-state index in [1.54, 1.807) is 0 Å². The molecule has 0 aromatic rings. The average molecular weight is 350 g/mol. The van der Waals surface area contributed by atoms with E-state index in [2.05, 4.69) is 30.6 Å². The molecular formula is C12H22N4O4S2. The number of nitrogens with zero attached hydrogens (tertiary/aromatic N) is 2. The fraction of sp³-hybridized carbons (Fsp3) is 0.667. The van der Waals surface area contributed by atoms with Crippen LogP contribution < -0.4 is 10.6 Å². The highest BCUT2D eigenvalue weighted by atomic mass is 33.1. The molecule has 0 aliphatic heterocycles. The second-order valence-corrected chi connectivity index (χ2v) is 8.54. The molecule has 0 radical (unpaired) electrons. The fourth-order valence-electron chi connectivity index (χ4n) is 0.751. The van der Waals surface area contributed by atoms with Crippen LogP contribution in [0.1, 0.15) is 27.7 Å². The Hall–Kier alpha value is -1.42. The molecule has 0 rings (SSSR count). The van der Waals surface area contributed by atoms with E-state index in [1.165, 1.54) is 48.1 Å². The summed E-state index contributed by atoms with van der Waals surface area (Å²) >= 11 is 0. The molecule has 8 nitrogen and oxygen atoms in total. The van der Waals surface area contributed by atoms with Crippen LogP contribution >= 0.6 is 21.6 Å². The van der Waals surface area contributed by atoms with Crippen LogP contribution in [-0.4, -0.2) is 48.2 Å². The lowest BCUT2D eigenvalue weighted by atomic mass is 10.2. The predicted molar refractivity (Wildman–Crippen MR) is 91.4 cm³/mol.